The van der Waals surface area contributed by atoms with Crippen molar-refractivity contribution in [1.29, 1.82) is 0 Å². The average Bonchev–Trinajstić information content (AvgIpc) is 3.07. The van der Waals surface area contributed by atoms with Gasteiger partial charge in [0, 0.05) is 5.56 Å². The highest BCUT2D eigenvalue weighted by molar-refractivity contribution is 5.81. The van der Waals surface area contributed by atoms with Gasteiger partial charge < -0.3 is 5.11 Å². The summed E-state index contributed by atoms with van der Waals surface area (Å²) in [6.45, 7) is 0. The molecule has 2 aliphatic rings. The molecule has 2 nitrogen and oxygen atoms in total. The van der Waals surface area contributed by atoms with Gasteiger partial charge in [0.1, 0.15) is 5.75 Å². The lowest BCUT2D eigenvalue weighted by Crippen LogP contribution is -1.97. The zero-order valence-corrected chi connectivity index (χ0v) is 8.57. The van der Waals surface area contributed by atoms with Crippen LogP contribution in [0.3, 0.4) is 0 Å². The Labute approximate surface area is 88.9 Å². The molecule has 0 aromatic heterocycles. The van der Waals surface area contributed by atoms with Gasteiger partial charge in [0.25, 0.3) is 0 Å². The molecule has 0 aliphatic heterocycles. The molecule has 0 unspecified atom stereocenters. The lowest BCUT2D eigenvalue weighted by atomic mass is 9.95. The predicted octanol–water partition coefficient (Wildman–Crippen LogP) is 2.96. The molecule has 3 rings (SSSR count). The van der Waals surface area contributed by atoms with Crippen molar-refractivity contribution in [1.82, 2.24) is 0 Å². The van der Waals surface area contributed by atoms with Crippen molar-refractivity contribution in [2.75, 3.05) is 0 Å². The SMILES string of the molecule is O=Cc1c(C2CC2)cc(O)cc1C1CC1. The topological polar surface area (TPSA) is 37.3 Å². The lowest BCUT2D eigenvalue weighted by molar-refractivity contribution is 0.112. The first kappa shape index (κ1) is 8.96. The Morgan fingerprint density at radius 1 is 1.07 bits per heavy atom. The minimum Gasteiger partial charge on any atom is -0.508 e. The van der Waals surface area contributed by atoms with Crippen LogP contribution >= 0.6 is 0 Å². The van der Waals surface area contributed by atoms with Gasteiger partial charge in [0.15, 0.2) is 6.29 Å². The maximum absolute atomic E-state index is 11.1. The smallest absolute Gasteiger partial charge is 0.150 e. The number of aromatic hydroxyl groups is 1. The van der Waals surface area contributed by atoms with Crippen LogP contribution in [0.15, 0.2) is 12.1 Å². The van der Waals surface area contributed by atoms with Crippen molar-refractivity contribution in [3.63, 3.8) is 0 Å². The largest absolute Gasteiger partial charge is 0.508 e. The van der Waals surface area contributed by atoms with Gasteiger partial charge in [-0.05, 0) is 60.8 Å². The van der Waals surface area contributed by atoms with Crippen LogP contribution in [0.2, 0.25) is 0 Å². The summed E-state index contributed by atoms with van der Waals surface area (Å²) >= 11 is 0. The average molecular weight is 202 g/mol. The molecular weight excluding hydrogens is 188 g/mol. The number of hydrogen-bond donors (Lipinski definition) is 1. The van der Waals surface area contributed by atoms with Gasteiger partial charge in [-0.15, -0.1) is 0 Å². The molecule has 0 radical (unpaired) electrons. The van der Waals surface area contributed by atoms with Gasteiger partial charge in [-0.2, -0.15) is 0 Å². The van der Waals surface area contributed by atoms with Crippen LogP contribution in [0.25, 0.3) is 0 Å². The number of rotatable bonds is 3. The molecule has 15 heavy (non-hydrogen) atoms. The van der Waals surface area contributed by atoms with E-state index in [4.69, 9.17) is 0 Å². The Morgan fingerprint density at radius 2 is 1.53 bits per heavy atom. The minimum absolute atomic E-state index is 0.324. The molecule has 0 saturated heterocycles. The Balaban J connectivity index is 2.14. The normalized spacial score (nSPS) is 20.3. The standard InChI is InChI=1S/C13H14O2/c14-7-13-11(8-1-2-8)5-10(15)6-12(13)9-3-4-9/h5-9,15H,1-4H2. The zero-order valence-electron chi connectivity index (χ0n) is 8.57. The molecule has 1 aromatic rings. The van der Waals surface area contributed by atoms with Crippen LogP contribution in [0.5, 0.6) is 5.75 Å². The number of carbonyl (C=O) groups excluding carboxylic acids is 1. The van der Waals surface area contributed by atoms with E-state index in [-0.39, 0.29) is 0 Å². The number of phenolic OH excluding ortho intramolecular Hbond substituents is 1. The number of hydrogen-bond acceptors (Lipinski definition) is 2. The van der Waals surface area contributed by atoms with Crippen LogP contribution in [0, 0.1) is 0 Å². The second-order valence-corrected chi connectivity index (χ2v) is 4.70. The molecule has 0 amide bonds. The van der Waals surface area contributed by atoms with E-state index in [1.165, 1.54) is 0 Å². The molecule has 1 N–H and O–H groups in total. The van der Waals surface area contributed by atoms with Crippen LogP contribution in [-0.2, 0) is 0 Å². The molecule has 2 fully saturated rings. The van der Waals surface area contributed by atoms with Crippen molar-refractivity contribution in [3.8, 4) is 5.75 Å². The van der Waals surface area contributed by atoms with E-state index < -0.39 is 0 Å². The van der Waals surface area contributed by atoms with Crippen LogP contribution in [0.4, 0.5) is 0 Å². The van der Waals surface area contributed by atoms with E-state index in [1.54, 1.807) is 12.1 Å². The highest BCUT2D eigenvalue weighted by atomic mass is 16.3. The monoisotopic (exact) mass is 202 g/mol. The highest BCUT2D eigenvalue weighted by Crippen LogP contribution is 2.48. The minimum atomic E-state index is 0.324. The van der Waals surface area contributed by atoms with E-state index in [1.807, 2.05) is 0 Å². The third kappa shape index (κ3) is 1.54. The first-order valence-electron chi connectivity index (χ1n) is 5.61. The summed E-state index contributed by atoms with van der Waals surface area (Å²) in [5.74, 6) is 1.37. The summed E-state index contributed by atoms with van der Waals surface area (Å²) in [6, 6.07) is 3.54. The van der Waals surface area contributed by atoms with E-state index in [2.05, 4.69) is 0 Å². The van der Waals surface area contributed by atoms with Crippen molar-refractivity contribution in [3.05, 3.63) is 28.8 Å². The molecule has 2 aliphatic carbocycles. The third-order valence-electron chi connectivity index (χ3n) is 3.38. The quantitative estimate of drug-likeness (QED) is 0.765. The molecule has 2 heteroatoms. The second kappa shape index (κ2) is 3.09. The summed E-state index contributed by atoms with van der Waals surface area (Å²) in [4.78, 5) is 11.1. The molecule has 2 saturated carbocycles. The first-order valence-corrected chi connectivity index (χ1v) is 5.61. The van der Waals surface area contributed by atoms with E-state index in [9.17, 15) is 9.90 Å². The lowest BCUT2D eigenvalue weighted by Gasteiger charge is -2.10. The van der Waals surface area contributed by atoms with Gasteiger partial charge in [-0.3, -0.25) is 4.79 Å². The summed E-state index contributed by atoms with van der Waals surface area (Å²) < 4.78 is 0. The van der Waals surface area contributed by atoms with Gasteiger partial charge in [-0.25, -0.2) is 0 Å². The van der Waals surface area contributed by atoms with Crippen LogP contribution in [-0.4, -0.2) is 11.4 Å². The van der Waals surface area contributed by atoms with Crippen molar-refractivity contribution >= 4 is 6.29 Å². The Kier molecular flexibility index (Phi) is 1.84. The van der Waals surface area contributed by atoms with E-state index in [0.717, 1.165) is 48.7 Å². The van der Waals surface area contributed by atoms with Gasteiger partial charge in [0.05, 0.1) is 0 Å². The molecule has 0 spiro atoms. The Hall–Kier alpha value is -1.31. The molecule has 1 aromatic carbocycles. The fourth-order valence-electron chi connectivity index (χ4n) is 2.28. The second-order valence-electron chi connectivity index (χ2n) is 4.70. The molecule has 0 heterocycles. The number of aldehydes is 1. The predicted molar refractivity (Wildman–Crippen MR) is 57.4 cm³/mol. The van der Waals surface area contributed by atoms with E-state index in [0.29, 0.717) is 17.6 Å². The fraction of sp³-hybridized carbons (Fsp3) is 0.462. The fourth-order valence-corrected chi connectivity index (χ4v) is 2.28. The van der Waals surface area contributed by atoms with Crippen LogP contribution < -0.4 is 0 Å². The van der Waals surface area contributed by atoms with Gasteiger partial charge >= 0.3 is 0 Å². The zero-order chi connectivity index (χ0) is 10.4. The molecular formula is C13H14O2. The summed E-state index contributed by atoms with van der Waals surface area (Å²) in [5.41, 5.74) is 3.01. The summed E-state index contributed by atoms with van der Waals surface area (Å²) in [6.07, 6.45) is 5.62. The molecule has 78 valence electrons. The highest BCUT2D eigenvalue weighted by Gasteiger charge is 2.32. The van der Waals surface area contributed by atoms with Crippen molar-refractivity contribution in [2.24, 2.45) is 0 Å². The van der Waals surface area contributed by atoms with Crippen molar-refractivity contribution < 1.29 is 9.90 Å². The Bertz CT molecular complexity index is 382. The number of phenols is 1. The summed E-state index contributed by atoms with van der Waals surface area (Å²) in [7, 11) is 0. The maximum atomic E-state index is 11.1. The van der Waals surface area contributed by atoms with Gasteiger partial charge in [-0.1, -0.05) is 0 Å². The summed E-state index contributed by atoms with van der Waals surface area (Å²) in [5, 5.41) is 9.65. The van der Waals surface area contributed by atoms with Crippen LogP contribution in [0.1, 0.15) is 59.0 Å². The molecule has 0 bridgehead atoms. The number of benzene rings is 1. The molecule has 0 atom stereocenters. The number of carbonyl (C=O) groups is 1. The van der Waals surface area contributed by atoms with E-state index >= 15 is 0 Å². The maximum Gasteiger partial charge on any atom is 0.150 e. The third-order valence-corrected chi connectivity index (χ3v) is 3.38. The van der Waals surface area contributed by atoms with Gasteiger partial charge in [0.2, 0.25) is 0 Å². The van der Waals surface area contributed by atoms with Crippen molar-refractivity contribution in [2.45, 2.75) is 37.5 Å². The Morgan fingerprint density at radius 3 is 1.87 bits per heavy atom. The first-order chi connectivity index (χ1) is 7.29.